The summed E-state index contributed by atoms with van der Waals surface area (Å²) in [5.41, 5.74) is 5.20. The second kappa shape index (κ2) is 7.20. The van der Waals surface area contributed by atoms with E-state index in [9.17, 15) is 0 Å². The Morgan fingerprint density at radius 2 is 1.81 bits per heavy atom. The Balaban J connectivity index is 1.63. The number of hydrogen-bond acceptors (Lipinski definition) is 5. The van der Waals surface area contributed by atoms with Gasteiger partial charge < -0.3 is 4.74 Å². The maximum absolute atomic E-state index is 5.18. The third-order valence-corrected chi connectivity index (χ3v) is 4.95. The Bertz CT molecular complexity index is 908. The van der Waals surface area contributed by atoms with Gasteiger partial charge in [0.05, 0.1) is 13.3 Å². The first-order valence-electron chi connectivity index (χ1n) is 9.06. The molecule has 5 nitrogen and oxygen atoms in total. The Labute approximate surface area is 153 Å². The van der Waals surface area contributed by atoms with Gasteiger partial charge in [-0.25, -0.2) is 15.0 Å². The van der Waals surface area contributed by atoms with Crippen LogP contribution in [0.1, 0.15) is 48.3 Å². The summed E-state index contributed by atoms with van der Waals surface area (Å²) in [6, 6.07) is 9.92. The van der Waals surface area contributed by atoms with Gasteiger partial charge in [0.1, 0.15) is 11.4 Å². The molecule has 3 aromatic rings. The highest BCUT2D eigenvalue weighted by Crippen LogP contribution is 2.25. The Morgan fingerprint density at radius 3 is 2.62 bits per heavy atom. The molecule has 0 N–H and O–H groups in total. The number of aryl methyl sites for hydroxylation is 2. The molecule has 0 aromatic carbocycles. The van der Waals surface area contributed by atoms with Gasteiger partial charge in [-0.3, -0.25) is 4.98 Å². The smallest absolute Gasteiger partial charge is 0.178 e. The minimum atomic E-state index is 0.0819. The third kappa shape index (κ3) is 3.29. The number of ether oxygens (including phenoxy) is 1. The lowest BCUT2D eigenvalue weighted by Gasteiger charge is -2.15. The lowest BCUT2D eigenvalue weighted by atomic mass is 9.97. The van der Waals surface area contributed by atoms with E-state index < -0.39 is 0 Å². The maximum Gasteiger partial charge on any atom is 0.178 e. The molecule has 132 valence electrons. The van der Waals surface area contributed by atoms with Gasteiger partial charge in [-0.1, -0.05) is 13.0 Å². The Hall–Kier alpha value is -2.82. The van der Waals surface area contributed by atoms with E-state index in [1.165, 1.54) is 24.1 Å². The van der Waals surface area contributed by atoms with E-state index in [1.54, 1.807) is 13.3 Å². The Morgan fingerprint density at radius 1 is 0.923 bits per heavy atom. The molecule has 3 aromatic heterocycles. The minimum absolute atomic E-state index is 0.0819. The van der Waals surface area contributed by atoms with E-state index in [2.05, 4.69) is 16.9 Å². The van der Waals surface area contributed by atoms with Gasteiger partial charge in [-0.05, 0) is 55.5 Å². The van der Waals surface area contributed by atoms with Crippen molar-refractivity contribution in [2.45, 2.75) is 38.5 Å². The molecule has 0 amide bonds. The zero-order valence-corrected chi connectivity index (χ0v) is 15.1. The number of aromatic nitrogens is 4. The van der Waals surface area contributed by atoms with Gasteiger partial charge in [0.2, 0.25) is 0 Å². The molecule has 4 rings (SSSR count). The van der Waals surface area contributed by atoms with E-state index in [4.69, 9.17) is 14.7 Å². The highest BCUT2D eigenvalue weighted by molar-refractivity contribution is 5.50. The molecule has 0 fully saturated rings. The van der Waals surface area contributed by atoms with Crippen LogP contribution in [-0.2, 0) is 12.8 Å². The molecule has 1 unspecified atom stereocenters. The number of nitrogens with zero attached hydrogens (tertiary/aromatic N) is 4. The fourth-order valence-corrected chi connectivity index (χ4v) is 3.34. The van der Waals surface area contributed by atoms with E-state index in [0.717, 1.165) is 35.7 Å². The first-order chi connectivity index (χ1) is 12.7. The number of fused-ring (bicyclic) bond motifs is 1. The zero-order valence-electron chi connectivity index (χ0n) is 15.1. The summed E-state index contributed by atoms with van der Waals surface area (Å²) >= 11 is 0. The molecule has 5 heteroatoms. The van der Waals surface area contributed by atoms with Crippen molar-refractivity contribution < 1.29 is 4.74 Å². The summed E-state index contributed by atoms with van der Waals surface area (Å²) in [5, 5.41) is 0. The molecule has 1 atom stereocenters. The van der Waals surface area contributed by atoms with Crippen LogP contribution in [0.4, 0.5) is 0 Å². The predicted molar refractivity (Wildman–Crippen MR) is 100 cm³/mol. The quantitative estimate of drug-likeness (QED) is 0.715. The van der Waals surface area contributed by atoms with Crippen LogP contribution in [0.3, 0.4) is 0 Å². The highest BCUT2D eigenvalue weighted by Gasteiger charge is 2.16. The van der Waals surface area contributed by atoms with E-state index >= 15 is 0 Å². The lowest BCUT2D eigenvalue weighted by molar-refractivity contribution is 0.412. The maximum atomic E-state index is 5.18. The normalized spacial score (nSPS) is 14.5. The summed E-state index contributed by atoms with van der Waals surface area (Å²) < 4.78 is 5.18. The average molecular weight is 346 g/mol. The van der Waals surface area contributed by atoms with E-state index in [-0.39, 0.29) is 5.92 Å². The van der Waals surface area contributed by atoms with Gasteiger partial charge in [-0.2, -0.15) is 0 Å². The molecule has 26 heavy (non-hydrogen) atoms. The van der Waals surface area contributed by atoms with Crippen molar-refractivity contribution in [3.63, 3.8) is 0 Å². The fraction of sp³-hybridized carbons (Fsp3) is 0.333. The molecule has 0 spiro atoms. The molecular formula is C21H22N4O. The van der Waals surface area contributed by atoms with Crippen LogP contribution in [0.15, 0.2) is 42.7 Å². The van der Waals surface area contributed by atoms with Crippen LogP contribution in [0.5, 0.6) is 5.75 Å². The average Bonchev–Trinajstić information content (AvgIpc) is 2.73. The van der Waals surface area contributed by atoms with Crippen LogP contribution in [0, 0.1) is 0 Å². The summed E-state index contributed by atoms with van der Waals surface area (Å²) in [6.45, 7) is 2.11. The molecule has 0 saturated carbocycles. The van der Waals surface area contributed by atoms with Crippen molar-refractivity contribution in [1.29, 1.82) is 0 Å². The minimum Gasteiger partial charge on any atom is -0.495 e. The molecule has 1 aliphatic rings. The molecule has 1 aliphatic carbocycles. The summed E-state index contributed by atoms with van der Waals surface area (Å²) in [6.07, 6.45) is 8.27. The summed E-state index contributed by atoms with van der Waals surface area (Å²) in [5.74, 6) is 1.55. The molecule has 0 bridgehead atoms. The van der Waals surface area contributed by atoms with Crippen molar-refractivity contribution in [1.82, 2.24) is 19.9 Å². The number of hydrogen-bond donors (Lipinski definition) is 0. The second-order valence-electron chi connectivity index (χ2n) is 6.66. The Kier molecular flexibility index (Phi) is 4.61. The standard InChI is InChI=1S/C21H22N4O/c1-14(17-11-10-16(26-2)13-22-17)18-8-5-9-20(24-18)21-23-12-15-6-3-4-7-19(15)25-21/h5,8-14H,3-4,6-7H2,1-2H3. The molecule has 0 saturated heterocycles. The molecule has 0 aliphatic heterocycles. The molecular weight excluding hydrogens is 324 g/mol. The molecule has 0 radical (unpaired) electrons. The van der Waals surface area contributed by atoms with E-state index in [1.807, 2.05) is 36.5 Å². The molecule has 3 heterocycles. The topological polar surface area (TPSA) is 60.8 Å². The SMILES string of the molecule is COc1ccc(C(C)c2cccc(-c3ncc4c(n3)CCCC4)n2)nc1. The van der Waals surface area contributed by atoms with Gasteiger partial charge >= 0.3 is 0 Å². The largest absolute Gasteiger partial charge is 0.495 e. The van der Waals surface area contributed by atoms with Crippen molar-refractivity contribution in [3.8, 4) is 17.3 Å². The van der Waals surface area contributed by atoms with Gasteiger partial charge in [0.15, 0.2) is 5.82 Å². The van der Waals surface area contributed by atoms with Crippen LogP contribution < -0.4 is 4.74 Å². The first-order valence-corrected chi connectivity index (χ1v) is 9.06. The number of pyridine rings is 2. The van der Waals surface area contributed by atoms with E-state index in [0.29, 0.717) is 5.82 Å². The monoisotopic (exact) mass is 346 g/mol. The van der Waals surface area contributed by atoms with Crippen molar-refractivity contribution >= 4 is 0 Å². The number of rotatable bonds is 4. The van der Waals surface area contributed by atoms with Gasteiger partial charge in [-0.15, -0.1) is 0 Å². The van der Waals surface area contributed by atoms with Gasteiger partial charge in [0.25, 0.3) is 0 Å². The van der Waals surface area contributed by atoms with Crippen LogP contribution in [0.2, 0.25) is 0 Å². The highest BCUT2D eigenvalue weighted by atomic mass is 16.5. The zero-order chi connectivity index (χ0) is 17.9. The van der Waals surface area contributed by atoms with Crippen LogP contribution in [0.25, 0.3) is 11.5 Å². The summed E-state index contributed by atoms with van der Waals surface area (Å²) in [7, 11) is 1.64. The third-order valence-electron chi connectivity index (χ3n) is 4.95. The lowest BCUT2D eigenvalue weighted by Crippen LogP contribution is -2.08. The first kappa shape index (κ1) is 16.6. The van der Waals surface area contributed by atoms with Gasteiger partial charge in [0, 0.05) is 29.2 Å². The van der Waals surface area contributed by atoms with Crippen molar-refractivity contribution in [2.24, 2.45) is 0 Å². The van der Waals surface area contributed by atoms with Crippen molar-refractivity contribution in [3.05, 3.63) is 65.4 Å². The number of methoxy groups -OCH3 is 1. The fourth-order valence-electron chi connectivity index (χ4n) is 3.34. The van der Waals surface area contributed by atoms with Crippen molar-refractivity contribution in [2.75, 3.05) is 7.11 Å². The summed E-state index contributed by atoms with van der Waals surface area (Å²) in [4.78, 5) is 18.6. The van der Waals surface area contributed by atoms with Crippen LogP contribution >= 0.6 is 0 Å². The predicted octanol–water partition coefficient (Wildman–Crippen LogP) is 3.97. The second-order valence-corrected chi connectivity index (χ2v) is 6.66. The van der Waals surface area contributed by atoms with Crippen LogP contribution in [-0.4, -0.2) is 27.0 Å².